The van der Waals surface area contributed by atoms with Crippen LogP contribution in [0.15, 0.2) is 36.5 Å². The third-order valence-electron chi connectivity index (χ3n) is 3.39. The molecule has 4 rings (SSSR count). The number of aromatic nitrogens is 6. The van der Waals surface area contributed by atoms with Crippen LogP contribution in [0.25, 0.3) is 22.6 Å². The largest absolute Gasteiger partial charge is 0.381 e. The van der Waals surface area contributed by atoms with Gasteiger partial charge in [0.1, 0.15) is 11.3 Å². The number of halogens is 1. The molecule has 0 spiro atoms. The Bertz CT molecular complexity index is 979. The second-order valence-electron chi connectivity index (χ2n) is 4.84. The highest BCUT2D eigenvalue weighted by molar-refractivity contribution is 6.99. The first kappa shape index (κ1) is 13.7. The Kier molecular flexibility index (Phi) is 3.19. The molecular formula is C14H10FN7S. The fourth-order valence-corrected chi connectivity index (χ4v) is 2.88. The van der Waals surface area contributed by atoms with E-state index in [0.717, 1.165) is 11.7 Å². The van der Waals surface area contributed by atoms with Crippen molar-refractivity contribution in [3.8, 4) is 11.5 Å². The van der Waals surface area contributed by atoms with Crippen LogP contribution >= 0.6 is 11.7 Å². The molecule has 0 saturated heterocycles. The van der Waals surface area contributed by atoms with E-state index in [4.69, 9.17) is 5.73 Å². The van der Waals surface area contributed by atoms with Crippen LogP contribution < -0.4 is 5.73 Å². The molecule has 0 unspecified atom stereocenters. The van der Waals surface area contributed by atoms with Crippen molar-refractivity contribution in [1.82, 2.24) is 28.5 Å². The van der Waals surface area contributed by atoms with Gasteiger partial charge in [0, 0.05) is 6.20 Å². The molecular weight excluding hydrogens is 317 g/mol. The summed E-state index contributed by atoms with van der Waals surface area (Å²) in [4.78, 5) is 4.47. The molecule has 0 fully saturated rings. The molecule has 0 radical (unpaired) electrons. The minimum absolute atomic E-state index is 0.270. The molecule has 0 aliphatic heterocycles. The van der Waals surface area contributed by atoms with Gasteiger partial charge in [0.15, 0.2) is 17.3 Å². The van der Waals surface area contributed by atoms with Gasteiger partial charge < -0.3 is 10.3 Å². The van der Waals surface area contributed by atoms with Crippen LogP contribution in [0.2, 0.25) is 0 Å². The highest BCUT2D eigenvalue weighted by Gasteiger charge is 2.20. The monoisotopic (exact) mass is 327 g/mol. The summed E-state index contributed by atoms with van der Waals surface area (Å²) in [6.45, 7) is 0.303. The zero-order valence-corrected chi connectivity index (χ0v) is 12.5. The van der Waals surface area contributed by atoms with Crippen LogP contribution in [0.1, 0.15) is 5.69 Å². The highest BCUT2D eigenvalue weighted by atomic mass is 32.1. The molecule has 114 valence electrons. The van der Waals surface area contributed by atoms with Gasteiger partial charge in [0.05, 0.1) is 29.5 Å². The van der Waals surface area contributed by atoms with Gasteiger partial charge in [-0.1, -0.05) is 6.07 Å². The lowest BCUT2D eigenvalue weighted by Gasteiger charge is -2.07. The maximum absolute atomic E-state index is 14.3. The Balaban J connectivity index is 1.97. The fraction of sp³-hybridized carbons (Fsp3) is 0.0714. The molecule has 0 aliphatic rings. The van der Waals surface area contributed by atoms with E-state index in [0.29, 0.717) is 34.8 Å². The van der Waals surface area contributed by atoms with Crippen molar-refractivity contribution in [1.29, 1.82) is 0 Å². The van der Waals surface area contributed by atoms with E-state index < -0.39 is 0 Å². The number of hydrogen-bond acceptors (Lipinski definition) is 7. The van der Waals surface area contributed by atoms with E-state index in [-0.39, 0.29) is 11.6 Å². The number of rotatable bonds is 3. The Morgan fingerprint density at radius 3 is 2.83 bits per heavy atom. The fourth-order valence-electron chi connectivity index (χ4n) is 2.41. The van der Waals surface area contributed by atoms with Crippen LogP contribution in [-0.4, -0.2) is 28.5 Å². The summed E-state index contributed by atoms with van der Waals surface area (Å²) in [5.74, 6) is 0.361. The number of anilines is 1. The second-order valence-corrected chi connectivity index (χ2v) is 5.37. The number of hydrogen-bond donors (Lipinski definition) is 1. The van der Waals surface area contributed by atoms with Crippen molar-refractivity contribution in [3.05, 3.63) is 48.0 Å². The third kappa shape index (κ3) is 2.30. The normalized spacial score (nSPS) is 11.2. The lowest BCUT2D eigenvalue weighted by atomic mass is 10.3. The van der Waals surface area contributed by atoms with E-state index in [1.165, 1.54) is 6.07 Å². The summed E-state index contributed by atoms with van der Waals surface area (Å²) in [7, 11) is 0. The lowest BCUT2D eigenvalue weighted by molar-refractivity contribution is 0.627. The average molecular weight is 327 g/mol. The number of benzene rings is 1. The van der Waals surface area contributed by atoms with Gasteiger partial charge >= 0.3 is 0 Å². The SMILES string of the molecule is Nc1nsnc1-c1nc2cccc(F)c2n1Cc1cccnn1. The number of para-hydroxylation sites is 1. The highest BCUT2D eigenvalue weighted by Crippen LogP contribution is 2.29. The number of imidazole rings is 1. The van der Waals surface area contributed by atoms with Gasteiger partial charge in [-0.05, 0) is 24.3 Å². The van der Waals surface area contributed by atoms with E-state index in [1.54, 1.807) is 29.0 Å². The number of nitrogens with two attached hydrogens (primary N) is 1. The lowest BCUT2D eigenvalue weighted by Crippen LogP contribution is -2.06. The Labute approximate surface area is 134 Å². The standard InChI is InChI=1S/C14H10FN7S/c15-9-4-1-5-10-12(9)22(7-8-3-2-6-17-19-8)14(18-10)11-13(16)21-23-20-11/h1-6H,7H2,(H2,16,21). The first-order chi connectivity index (χ1) is 11.2. The van der Waals surface area contributed by atoms with Crippen LogP contribution in [0.3, 0.4) is 0 Å². The smallest absolute Gasteiger partial charge is 0.168 e. The van der Waals surface area contributed by atoms with Gasteiger partial charge in [-0.25, -0.2) is 9.37 Å². The van der Waals surface area contributed by atoms with Crippen LogP contribution in [0.5, 0.6) is 0 Å². The van der Waals surface area contributed by atoms with Crippen LogP contribution in [0.4, 0.5) is 10.2 Å². The quantitative estimate of drug-likeness (QED) is 0.619. The molecule has 0 atom stereocenters. The van der Waals surface area contributed by atoms with Crippen molar-refractivity contribution < 1.29 is 4.39 Å². The van der Waals surface area contributed by atoms with Gasteiger partial charge in [-0.2, -0.15) is 18.9 Å². The molecule has 2 N–H and O–H groups in total. The Hall–Kier alpha value is -2.94. The molecule has 9 heteroatoms. The van der Waals surface area contributed by atoms with Crippen molar-refractivity contribution in [3.63, 3.8) is 0 Å². The molecule has 0 aliphatic carbocycles. The number of fused-ring (bicyclic) bond motifs is 1. The van der Waals surface area contributed by atoms with E-state index in [1.807, 2.05) is 6.07 Å². The Morgan fingerprint density at radius 2 is 2.09 bits per heavy atom. The second kappa shape index (κ2) is 5.36. The maximum Gasteiger partial charge on any atom is 0.168 e. The zero-order chi connectivity index (χ0) is 15.8. The van der Waals surface area contributed by atoms with Crippen LogP contribution in [-0.2, 0) is 6.54 Å². The van der Waals surface area contributed by atoms with Crippen molar-refractivity contribution in [2.45, 2.75) is 6.54 Å². The molecule has 0 bridgehead atoms. The first-order valence-corrected chi connectivity index (χ1v) is 7.47. The maximum atomic E-state index is 14.3. The molecule has 3 heterocycles. The molecule has 0 saturated carbocycles. The summed E-state index contributed by atoms with van der Waals surface area (Å²) in [5.41, 5.74) is 7.87. The summed E-state index contributed by atoms with van der Waals surface area (Å²) >= 11 is 0.990. The Morgan fingerprint density at radius 1 is 1.17 bits per heavy atom. The molecule has 7 nitrogen and oxygen atoms in total. The summed E-state index contributed by atoms with van der Waals surface area (Å²) < 4.78 is 24.2. The summed E-state index contributed by atoms with van der Waals surface area (Å²) in [5, 5.41) is 7.90. The topological polar surface area (TPSA) is 95.4 Å². The van der Waals surface area contributed by atoms with Crippen molar-refractivity contribution in [2.75, 3.05) is 5.73 Å². The summed E-state index contributed by atoms with van der Waals surface area (Å²) in [6.07, 6.45) is 1.58. The van der Waals surface area contributed by atoms with Crippen molar-refractivity contribution in [2.24, 2.45) is 0 Å². The van der Waals surface area contributed by atoms with Gasteiger partial charge in [-0.15, -0.1) is 0 Å². The summed E-state index contributed by atoms with van der Waals surface area (Å²) in [6, 6.07) is 8.33. The number of nitrogens with zero attached hydrogens (tertiary/aromatic N) is 6. The molecule has 4 aromatic rings. The van der Waals surface area contributed by atoms with E-state index in [9.17, 15) is 4.39 Å². The molecule has 1 aromatic carbocycles. The van der Waals surface area contributed by atoms with E-state index in [2.05, 4.69) is 23.9 Å². The van der Waals surface area contributed by atoms with Gasteiger partial charge in [-0.3, -0.25) is 0 Å². The average Bonchev–Trinajstić information content (AvgIpc) is 3.13. The molecule has 0 amide bonds. The minimum atomic E-state index is -0.369. The van der Waals surface area contributed by atoms with Gasteiger partial charge in [0.25, 0.3) is 0 Å². The molecule has 3 aromatic heterocycles. The van der Waals surface area contributed by atoms with E-state index >= 15 is 0 Å². The first-order valence-electron chi connectivity index (χ1n) is 6.74. The van der Waals surface area contributed by atoms with Gasteiger partial charge in [0.2, 0.25) is 0 Å². The van der Waals surface area contributed by atoms with Crippen LogP contribution in [0, 0.1) is 5.82 Å². The third-order valence-corrected chi connectivity index (χ3v) is 3.93. The predicted molar refractivity (Wildman–Crippen MR) is 84.1 cm³/mol. The minimum Gasteiger partial charge on any atom is -0.381 e. The predicted octanol–water partition coefficient (Wildman–Crippen LogP) is 2.11. The number of nitrogen functional groups attached to an aromatic ring is 1. The molecule has 23 heavy (non-hydrogen) atoms. The van der Waals surface area contributed by atoms with Crippen molar-refractivity contribution >= 4 is 28.6 Å². The zero-order valence-electron chi connectivity index (χ0n) is 11.7.